The first-order chi connectivity index (χ1) is 16.0. The largest absolute Gasteiger partial charge is 0.360 e. The highest BCUT2D eigenvalue weighted by molar-refractivity contribution is 6.35. The SMILES string of the molecule is CC[C@@H](Nc1ncnc2[nH]cnc12)c1cc2cccc(Cl)c2c(=O)n1-c1cc(F)cc(F)c1. The quantitative estimate of drug-likeness (QED) is 0.374. The zero-order valence-electron chi connectivity index (χ0n) is 17.3. The van der Waals surface area contributed by atoms with E-state index in [0.717, 1.165) is 18.2 Å². The lowest BCUT2D eigenvalue weighted by Crippen LogP contribution is -2.27. The van der Waals surface area contributed by atoms with Crippen LogP contribution in [0.1, 0.15) is 25.1 Å². The summed E-state index contributed by atoms with van der Waals surface area (Å²) in [6.07, 6.45) is 3.43. The van der Waals surface area contributed by atoms with Crippen molar-refractivity contribution in [3.05, 3.63) is 87.8 Å². The van der Waals surface area contributed by atoms with E-state index in [1.165, 1.54) is 17.2 Å². The van der Waals surface area contributed by atoms with Crippen molar-refractivity contribution in [2.75, 3.05) is 5.32 Å². The Kier molecular flexibility index (Phi) is 5.26. The maximum atomic E-state index is 14.1. The van der Waals surface area contributed by atoms with Gasteiger partial charge in [0.15, 0.2) is 11.5 Å². The molecule has 0 aliphatic rings. The van der Waals surface area contributed by atoms with E-state index < -0.39 is 23.2 Å². The van der Waals surface area contributed by atoms with Crippen molar-refractivity contribution in [2.24, 2.45) is 0 Å². The molecule has 2 N–H and O–H groups in total. The van der Waals surface area contributed by atoms with Gasteiger partial charge in [0, 0.05) is 11.8 Å². The summed E-state index contributed by atoms with van der Waals surface area (Å²) in [5.41, 5.74) is 1.15. The molecule has 5 aromatic rings. The minimum absolute atomic E-state index is 0.0576. The number of fused-ring (bicyclic) bond motifs is 2. The number of aromatic nitrogens is 5. The van der Waals surface area contributed by atoms with Crippen LogP contribution in [-0.2, 0) is 0 Å². The summed E-state index contributed by atoms with van der Waals surface area (Å²) in [5, 5.41) is 4.44. The van der Waals surface area contributed by atoms with Crippen LogP contribution in [0.2, 0.25) is 5.02 Å². The van der Waals surface area contributed by atoms with Gasteiger partial charge in [0.1, 0.15) is 23.5 Å². The predicted molar refractivity (Wildman–Crippen MR) is 123 cm³/mol. The molecule has 33 heavy (non-hydrogen) atoms. The predicted octanol–water partition coefficient (Wildman–Crippen LogP) is 5.15. The smallest absolute Gasteiger partial charge is 0.264 e. The van der Waals surface area contributed by atoms with Gasteiger partial charge in [-0.1, -0.05) is 30.7 Å². The number of pyridine rings is 1. The van der Waals surface area contributed by atoms with Crippen molar-refractivity contribution in [3.63, 3.8) is 0 Å². The third-order valence-corrected chi connectivity index (χ3v) is 5.74. The molecule has 166 valence electrons. The van der Waals surface area contributed by atoms with Gasteiger partial charge in [-0.25, -0.2) is 23.7 Å². The molecule has 0 amide bonds. The summed E-state index contributed by atoms with van der Waals surface area (Å²) in [6.45, 7) is 1.92. The number of H-pyrrole nitrogens is 1. The Hall–Kier alpha value is -3.85. The molecule has 0 spiro atoms. The topological polar surface area (TPSA) is 88.5 Å². The maximum absolute atomic E-state index is 14.1. The molecule has 0 saturated carbocycles. The molecule has 0 bridgehead atoms. The lowest BCUT2D eigenvalue weighted by Gasteiger charge is -2.23. The van der Waals surface area contributed by atoms with E-state index in [1.807, 2.05) is 6.92 Å². The van der Waals surface area contributed by atoms with Crippen LogP contribution in [0.5, 0.6) is 0 Å². The molecule has 2 aromatic carbocycles. The average Bonchev–Trinajstić information content (AvgIpc) is 3.26. The van der Waals surface area contributed by atoms with E-state index in [1.54, 1.807) is 24.3 Å². The molecule has 0 radical (unpaired) electrons. The summed E-state index contributed by atoms with van der Waals surface area (Å²) in [5.74, 6) is -1.13. The molecule has 1 atom stereocenters. The normalized spacial score (nSPS) is 12.4. The monoisotopic (exact) mass is 466 g/mol. The first-order valence-corrected chi connectivity index (χ1v) is 10.6. The number of hydrogen-bond acceptors (Lipinski definition) is 5. The van der Waals surface area contributed by atoms with E-state index >= 15 is 0 Å². The molecule has 7 nitrogen and oxygen atoms in total. The zero-order chi connectivity index (χ0) is 23.1. The third kappa shape index (κ3) is 3.70. The number of benzene rings is 2. The van der Waals surface area contributed by atoms with E-state index in [0.29, 0.717) is 34.5 Å². The molecule has 0 aliphatic heterocycles. The fourth-order valence-corrected chi connectivity index (χ4v) is 4.21. The number of nitrogens with one attached hydrogen (secondary N) is 2. The third-order valence-electron chi connectivity index (χ3n) is 5.42. The van der Waals surface area contributed by atoms with Crippen LogP contribution < -0.4 is 10.9 Å². The standard InChI is InChI=1S/C23H17ClF2N6O/c1-2-17(31-22-20-21(28-10-27-20)29-11-30-22)18-6-12-4-3-5-16(24)19(12)23(33)32(18)15-8-13(25)7-14(26)9-15/h3-11,17H,2H2,1H3,(H2,27,28,29,30,31)/t17-/m1/s1. The highest BCUT2D eigenvalue weighted by Gasteiger charge is 2.22. The Bertz CT molecular complexity index is 1540. The second-order valence-corrected chi connectivity index (χ2v) is 7.88. The van der Waals surface area contributed by atoms with Gasteiger partial charge in [0.2, 0.25) is 0 Å². The molecule has 5 rings (SSSR count). The number of halogens is 3. The number of nitrogens with zero attached hydrogens (tertiary/aromatic N) is 4. The van der Waals surface area contributed by atoms with Crippen molar-refractivity contribution in [1.82, 2.24) is 24.5 Å². The minimum atomic E-state index is -0.794. The second-order valence-electron chi connectivity index (χ2n) is 7.47. The maximum Gasteiger partial charge on any atom is 0.264 e. The van der Waals surface area contributed by atoms with Gasteiger partial charge in [-0.15, -0.1) is 0 Å². The van der Waals surface area contributed by atoms with Crippen LogP contribution in [0.15, 0.2) is 59.9 Å². The number of anilines is 1. The summed E-state index contributed by atoms with van der Waals surface area (Å²) in [6, 6.07) is 9.43. The minimum Gasteiger partial charge on any atom is -0.360 e. The summed E-state index contributed by atoms with van der Waals surface area (Å²) < 4.78 is 29.5. The van der Waals surface area contributed by atoms with Crippen molar-refractivity contribution < 1.29 is 8.78 Å². The van der Waals surface area contributed by atoms with Crippen molar-refractivity contribution in [2.45, 2.75) is 19.4 Å². The summed E-state index contributed by atoms with van der Waals surface area (Å²) >= 11 is 6.33. The lowest BCUT2D eigenvalue weighted by molar-refractivity contribution is 0.579. The molecular weight excluding hydrogens is 450 g/mol. The van der Waals surface area contributed by atoms with Crippen LogP contribution >= 0.6 is 11.6 Å². The summed E-state index contributed by atoms with van der Waals surface area (Å²) in [7, 11) is 0. The van der Waals surface area contributed by atoms with Crippen LogP contribution in [0.3, 0.4) is 0 Å². The van der Waals surface area contributed by atoms with Crippen LogP contribution in [0, 0.1) is 11.6 Å². The first-order valence-electron chi connectivity index (χ1n) is 10.2. The van der Waals surface area contributed by atoms with Crippen molar-refractivity contribution in [1.29, 1.82) is 0 Å². The summed E-state index contributed by atoms with van der Waals surface area (Å²) in [4.78, 5) is 29.2. The van der Waals surface area contributed by atoms with E-state index in [4.69, 9.17) is 11.6 Å². The van der Waals surface area contributed by atoms with Gasteiger partial charge >= 0.3 is 0 Å². The van der Waals surface area contributed by atoms with E-state index in [9.17, 15) is 13.6 Å². The van der Waals surface area contributed by atoms with Crippen molar-refractivity contribution >= 4 is 39.4 Å². The number of aromatic amines is 1. The highest BCUT2D eigenvalue weighted by atomic mass is 35.5. The molecule has 0 aliphatic carbocycles. The Balaban J connectivity index is 1.76. The average molecular weight is 467 g/mol. The first kappa shape index (κ1) is 21.0. The number of imidazole rings is 1. The number of hydrogen-bond donors (Lipinski definition) is 2. The Morgan fingerprint density at radius 1 is 1.12 bits per heavy atom. The Morgan fingerprint density at radius 3 is 2.67 bits per heavy atom. The van der Waals surface area contributed by atoms with Crippen LogP contribution in [0.25, 0.3) is 27.6 Å². The van der Waals surface area contributed by atoms with Crippen molar-refractivity contribution in [3.8, 4) is 5.69 Å². The molecule has 10 heteroatoms. The molecule has 3 aromatic heterocycles. The molecule has 0 unspecified atom stereocenters. The molecular formula is C23H17ClF2N6O. The van der Waals surface area contributed by atoms with E-state index in [2.05, 4.69) is 25.3 Å². The Morgan fingerprint density at radius 2 is 1.91 bits per heavy atom. The molecule has 3 heterocycles. The van der Waals surface area contributed by atoms with Gasteiger partial charge in [-0.3, -0.25) is 9.36 Å². The van der Waals surface area contributed by atoms with Gasteiger partial charge in [0.05, 0.1) is 28.5 Å². The van der Waals surface area contributed by atoms with Gasteiger partial charge in [-0.2, -0.15) is 0 Å². The van der Waals surface area contributed by atoms with Crippen LogP contribution in [0.4, 0.5) is 14.6 Å². The Labute approximate surface area is 191 Å². The second kappa shape index (κ2) is 8.25. The zero-order valence-corrected chi connectivity index (χ0v) is 18.1. The number of rotatable bonds is 5. The van der Waals surface area contributed by atoms with Crippen LogP contribution in [-0.4, -0.2) is 24.5 Å². The lowest BCUT2D eigenvalue weighted by atomic mass is 10.0. The molecule has 0 saturated heterocycles. The molecule has 0 fully saturated rings. The van der Waals surface area contributed by atoms with Gasteiger partial charge in [0.25, 0.3) is 5.56 Å². The fourth-order valence-electron chi connectivity index (χ4n) is 3.95. The van der Waals surface area contributed by atoms with E-state index in [-0.39, 0.29) is 16.1 Å². The van der Waals surface area contributed by atoms with Gasteiger partial charge in [-0.05, 0) is 36.1 Å². The fraction of sp³-hybridized carbons (Fsp3) is 0.130. The van der Waals surface area contributed by atoms with Gasteiger partial charge < -0.3 is 10.3 Å². The highest BCUT2D eigenvalue weighted by Crippen LogP contribution is 2.30.